The van der Waals surface area contributed by atoms with Gasteiger partial charge in [-0.1, -0.05) is 6.07 Å². The molecule has 0 spiro atoms. The van der Waals surface area contributed by atoms with Crippen LogP contribution in [0.25, 0.3) is 0 Å². The highest BCUT2D eigenvalue weighted by molar-refractivity contribution is 5.93. The maximum absolute atomic E-state index is 12.6. The predicted molar refractivity (Wildman–Crippen MR) is 108 cm³/mol. The summed E-state index contributed by atoms with van der Waals surface area (Å²) in [5.74, 6) is -2.79. The van der Waals surface area contributed by atoms with E-state index in [9.17, 15) is 18.0 Å². The zero-order chi connectivity index (χ0) is 23.3. The van der Waals surface area contributed by atoms with Crippen LogP contribution < -0.4 is 5.32 Å². The van der Waals surface area contributed by atoms with Crippen LogP contribution in [0.1, 0.15) is 28.9 Å². The lowest BCUT2D eigenvalue weighted by atomic mass is 10.0. The van der Waals surface area contributed by atoms with Crippen LogP contribution in [0.5, 0.6) is 0 Å². The number of ether oxygens (including phenoxy) is 1. The van der Waals surface area contributed by atoms with Gasteiger partial charge in [-0.25, -0.2) is 4.79 Å². The van der Waals surface area contributed by atoms with Crippen molar-refractivity contribution in [1.82, 2.24) is 19.8 Å². The molecule has 0 bridgehead atoms. The van der Waals surface area contributed by atoms with Crippen LogP contribution in [-0.2, 0) is 23.1 Å². The molecule has 2 fully saturated rings. The van der Waals surface area contributed by atoms with Gasteiger partial charge in [-0.05, 0) is 36.6 Å². The van der Waals surface area contributed by atoms with Gasteiger partial charge in [-0.3, -0.25) is 14.7 Å². The van der Waals surface area contributed by atoms with E-state index < -0.39 is 12.1 Å². The van der Waals surface area contributed by atoms with Gasteiger partial charge in [0, 0.05) is 51.4 Å². The Labute approximate surface area is 183 Å². The lowest BCUT2D eigenvalue weighted by Crippen LogP contribution is -2.47. The molecule has 2 saturated heterocycles. The van der Waals surface area contributed by atoms with Crippen molar-refractivity contribution in [3.8, 4) is 0 Å². The van der Waals surface area contributed by atoms with Crippen LogP contribution in [0.3, 0.4) is 0 Å². The lowest BCUT2D eigenvalue weighted by Gasteiger charge is -2.32. The minimum Gasteiger partial charge on any atom is -0.475 e. The number of carboxylic acids is 1. The number of pyridine rings is 1. The molecule has 4 rings (SSSR count). The van der Waals surface area contributed by atoms with Crippen LogP contribution in [0.15, 0.2) is 42.9 Å². The molecule has 0 aliphatic carbocycles. The predicted octanol–water partition coefficient (Wildman–Crippen LogP) is 2.22. The number of aromatic nitrogens is 2. The Morgan fingerprint density at radius 1 is 1.31 bits per heavy atom. The van der Waals surface area contributed by atoms with E-state index in [2.05, 4.69) is 21.3 Å². The Bertz CT molecular complexity index is 919. The van der Waals surface area contributed by atoms with Crippen LogP contribution in [0, 0.1) is 0 Å². The number of halogens is 3. The Hall–Kier alpha value is -2.92. The summed E-state index contributed by atoms with van der Waals surface area (Å²) in [4.78, 5) is 28.1. The molecule has 2 N–H and O–H groups in total. The van der Waals surface area contributed by atoms with Crippen molar-refractivity contribution < 1.29 is 32.6 Å². The molecule has 8 nitrogen and oxygen atoms in total. The van der Waals surface area contributed by atoms with Gasteiger partial charge < -0.3 is 19.7 Å². The van der Waals surface area contributed by atoms with E-state index in [1.54, 1.807) is 6.20 Å². The first kappa shape index (κ1) is 23.7. The lowest BCUT2D eigenvalue weighted by molar-refractivity contribution is -0.192. The van der Waals surface area contributed by atoms with Crippen molar-refractivity contribution in [3.63, 3.8) is 0 Å². The number of carboxylic acid groups (broad SMARTS) is 1. The van der Waals surface area contributed by atoms with Crippen LogP contribution in [0.2, 0.25) is 0 Å². The number of carbonyl (C=O) groups excluding carboxylic acids is 1. The number of alkyl halides is 3. The summed E-state index contributed by atoms with van der Waals surface area (Å²) < 4.78 is 39.6. The summed E-state index contributed by atoms with van der Waals surface area (Å²) >= 11 is 0. The molecule has 2 aromatic heterocycles. The van der Waals surface area contributed by atoms with Crippen LogP contribution >= 0.6 is 0 Å². The second kappa shape index (κ2) is 10.1. The number of amides is 1. The maximum Gasteiger partial charge on any atom is 0.490 e. The number of nitrogens with one attached hydrogen (secondary N) is 1. The molecule has 0 saturated carbocycles. The van der Waals surface area contributed by atoms with E-state index in [0.29, 0.717) is 11.7 Å². The largest absolute Gasteiger partial charge is 0.490 e. The van der Waals surface area contributed by atoms with Gasteiger partial charge in [0.2, 0.25) is 0 Å². The van der Waals surface area contributed by atoms with Gasteiger partial charge >= 0.3 is 12.1 Å². The fraction of sp³-hybridized carbons (Fsp3) is 0.476. The van der Waals surface area contributed by atoms with Crippen molar-refractivity contribution in [1.29, 1.82) is 0 Å². The zero-order valence-corrected chi connectivity index (χ0v) is 17.5. The topological polar surface area (TPSA) is 96.7 Å². The Kier molecular flexibility index (Phi) is 7.52. The summed E-state index contributed by atoms with van der Waals surface area (Å²) in [5, 5.41) is 10.3. The molecular weight excluding hydrogens is 429 g/mol. The molecule has 0 aromatic carbocycles. The zero-order valence-electron chi connectivity index (χ0n) is 17.5. The van der Waals surface area contributed by atoms with Crippen molar-refractivity contribution in [3.05, 3.63) is 54.1 Å². The SMILES string of the molecule is Cn1cccc1C(=O)N[C@@H]1CN(Cc2cccnc2)[C@@H]2CCCO[C@@H]21.O=C(O)C(F)(F)F. The maximum atomic E-state index is 12.6. The fourth-order valence-electron chi connectivity index (χ4n) is 4.03. The van der Waals surface area contributed by atoms with Gasteiger partial charge in [-0.15, -0.1) is 0 Å². The fourth-order valence-corrected chi connectivity index (χ4v) is 4.03. The second-order valence-corrected chi connectivity index (χ2v) is 7.72. The number of likely N-dealkylation sites (tertiary alicyclic amines) is 1. The van der Waals surface area contributed by atoms with E-state index in [4.69, 9.17) is 14.6 Å². The molecule has 174 valence electrons. The molecule has 0 unspecified atom stereocenters. The normalized spacial score (nSPS) is 23.1. The second-order valence-electron chi connectivity index (χ2n) is 7.72. The molecular formula is C21H25F3N4O4. The number of rotatable bonds is 4. The average Bonchev–Trinajstić information content (AvgIpc) is 3.33. The quantitative estimate of drug-likeness (QED) is 0.736. The molecule has 2 aliphatic rings. The summed E-state index contributed by atoms with van der Waals surface area (Å²) in [7, 11) is 1.89. The highest BCUT2D eigenvalue weighted by Gasteiger charge is 2.44. The smallest absolute Gasteiger partial charge is 0.475 e. The van der Waals surface area contributed by atoms with E-state index in [1.165, 1.54) is 5.56 Å². The number of aryl methyl sites for hydroxylation is 1. The van der Waals surface area contributed by atoms with E-state index in [-0.39, 0.29) is 18.1 Å². The van der Waals surface area contributed by atoms with Gasteiger partial charge in [-0.2, -0.15) is 13.2 Å². The summed E-state index contributed by atoms with van der Waals surface area (Å²) in [6.45, 7) is 2.42. The summed E-state index contributed by atoms with van der Waals surface area (Å²) in [6.07, 6.45) is 2.76. The summed E-state index contributed by atoms with van der Waals surface area (Å²) in [5.41, 5.74) is 1.87. The highest BCUT2D eigenvalue weighted by atomic mass is 19.4. The molecule has 32 heavy (non-hydrogen) atoms. The molecule has 1 amide bonds. The van der Waals surface area contributed by atoms with E-state index in [1.807, 2.05) is 42.2 Å². The highest BCUT2D eigenvalue weighted by Crippen LogP contribution is 2.30. The molecule has 2 aliphatic heterocycles. The van der Waals surface area contributed by atoms with Gasteiger partial charge in [0.15, 0.2) is 0 Å². The number of fused-ring (bicyclic) bond motifs is 1. The molecule has 2 aromatic rings. The number of nitrogens with zero attached hydrogens (tertiary/aromatic N) is 3. The first-order valence-corrected chi connectivity index (χ1v) is 10.1. The van der Waals surface area contributed by atoms with Crippen LogP contribution in [-0.4, -0.2) is 68.9 Å². The van der Waals surface area contributed by atoms with Crippen molar-refractivity contribution in [2.75, 3.05) is 13.2 Å². The molecule has 3 atom stereocenters. The van der Waals surface area contributed by atoms with Crippen molar-refractivity contribution in [2.24, 2.45) is 7.05 Å². The van der Waals surface area contributed by atoms with Gasteiger partial charge in [0.1, 0.15) is 5.69 Å². The third-order valence-electron chi connectivity index (χ3n) is 5.47. The van der Waals surface area contributed by atoms with E-state index in [0.717, 1.165) is 32.5 Å². The first-order chi connectivity index (χ1) is 15.2. The van der Waals surface area contributed by atoms with Gasteiger partial charge in [0.05, 0.1) is 12.1 Å². The number of hydrogen-bond acceptors (Lipinski definition) is 5. The molecule has 4 heterocycles. The Morgan fingerprint density at radius 3 is 2.66 bits per heavy atom. The van der Waals surface area contributed by atoms with Crippen LogP contribution in [0.4, 0.5) is 13.2 Å². The molecule has 11 heteroatoms. The first-order valence-electron chi connectivity index (χ1n) is 10.1. The minimum atomic E-state index is -5.08. The van der Waals surface area contributed by atoms with Crippen molar-refractivity contribution >= 4 is 11.9 Å². The standard InChI is InChI=1S/C19H24N4O2.C2HF3O2/c1-22-9-3-6-17(22)19(24)21-15-13-23(12-14-5-2-8-20-11-14)16-7-4-10-25-18(15)16;3-2(4,5)1(6)7/h2-3,5-6,8-9,11,15-16,18H,4,7,10,12-13H2,1H3,(H,21,24);(H,6,7)/t15-,16-,18-;/m1./s1. The summed E-state index contributed by atoms with van der Waals surface area (Å²) in [6, 6.07) is 8.17. The third kappa shape index (κ3) is 5.86. The van der Waals surface area contributed by atoms with Gasteiger partial charge in [0.25, 0.3) is 5.91 Å². The molecule has 0 radical (unpaired) electrons. The number of hydrogen-bond donors (Lipinski definition) is 2. The van der Waals surface area contributed by atoms with Crippen molar-refractivity contribution in [2.45, 2.75) is 43.8 Å². The minimum absolute atomic E-state index is 0.0179. The Morgan fingerprint density at radius 2 is 2.06 bits per heavy atom. The monoisotopic (exact) mass is 454 g/mol. The van der Waals surface area contributed by atoms with E-state index >= 15 is 0 Å². The average molecular weight is 454 g/mol. The Balaban J connectivity index is 0.000000360. The number of carbonyl (C=O) groups is 2. The number of aliphatic carboxylic acids is 1. The third-order valence-corrected chi connectivity index (χ3v) is 5.47.